The minimum atomic E-state index is 0.534. The number of ether oxygens (including phenoxy) is 1. The van der Waals surface area contributed by atoms with Gasteiger partial charge in [-0.05, 0) is 38.9 Å². The Morgan fingerprint density at radius 3 is 2.61 bits per heavy atom. The van der Waals surface area contributed by atoms with Crippen LogP contribution < -0.4 is 10.1 Å². The molecule has 1 aromatic heterocycles. The summed E-state index contributed by atoms with van der Waals surface area (Å²) in [5.74, 6) is 1.57. The van der Waals surface area contributed by atoms with Crippen LogP contribution in [0.15, 0.2) is 6.33 Å². The molecule has 0 radical (unpaired) electrons. The van der Waals surface area contributed by atoms with Crippen LogP contribution in [0, 0.1) is 6.92 Å². The molecule has 0 aromatic carbocycles. The monoisotopic (exact) mass is 267 g/mol. The lowest BCUT2D eigenvalue weighted by molar-refractivity contribution is 0.393. The normalized spacial score (nSPS) is 23.7. The molecule has 0 saturated heterocycles. The van der Waals surface area contributed by atoms with Gasteiger partial charge in [-0.3, -0.25) is 0 Å². The van der Waals surface area contributed by atoms with Crippen molar-refractivity contribution in [1.82, 2.24) is 9.97 Å². The molecule has 100 valence electrons. The first-order chi connectivity index (χ1) is 8.74. The molecule has 5 heteroatoms. The zero-order valence-electron chi connectivity index (χ0n) is 11.3. The highest BCUT2D eigenvalue weighted by Crippen LogP contribution is 2.29. The summed E-state index contributed by atoms with van der Waals surface area (Å²) in [6.45, 7) is 1.99. The molecular formula is C13H21N3OS. The largest absolute Gasteiger partial charge is 0.481 e. The van der Waals surface area contributed by atoms with Crippen LogP contribution >= 0.6 is 11.8 Å². The summed E-state index contributed by atoms with van der Waals surface area (Å²) < 4.78 is 5.21. The van der Waals surface area contributed by atoms with E-state index in [9.17, 15) is 0 Å². The summed E-state index contributed by atoms with van der Waals surface area (Å²) in [6.07, 6.45) is 8.79. The first-order valence-electron chi connectivity index (χ1n) is 6.39. The van der Waals surface area contributed by atoms with Gasteiger partial charge in [-0.1, -0.05) is 0 Å². The van der Waals surface area contributed by atoms with Gasteiger partial charge in [0.25, 0.3) is 0 Å². The summed E-state index contributed by atoms with van der Waals surface area (Å²) in [4.78, 5) is 8.41. The fraction of sp³-hybridized carbons (Fsp3) is 0.692. The summed E-state index contributed by atoms with van der Waals surface area (Å²) >= 11 is 1.99. The van der Waals surface area contributed by atoms with E-state index in [1.165, 1.54) is 25.7 Å². The second-order valence-electron chi connectivity index (χ2n) is 4.71. The minimum Gasteiger partial charge on any atom is -0.481 e. The van der Waals surface area contributed by atoms with E-state index in [2.05, 4.69) is 21.5 Å². The van der Waals surface area contributed by atoms with E-state index >= 15 is 0 Å². The van der Waals surface area contributed by atoms with Gasteiger partial charge < -0.3 is 10.1 Å². The topological polar surface area (TPSA) is 47.0 Å². The standard InChI is InChI=1S/C13H21N3OS/c1-9-12(14-8-15-13(9)17-2)16-10-4-6-11(18-3)7-5-10/h8,10-11H,4-7H2,1-3H3,(H,14,15,16). The lowest BCUT2D eigenvalue weighted by atomic mass is 9.95. The third kappa shape index (κ3) is 3.07. The summed E-state index contributed by atoms with van der Waals surface area (Å²) in [7, 11) is 1.64. The van der Waals surface area contributed by atoms with Crippen molar-refractivity contribution in [2.45, 2.75) is 43.9 Å². The van der Waals surface area contributed by atoms with E-state index in [-0.39, 0.29) is 0 Å². The third-order valence-corrected chi connectivity index (χ3v) is 4.72. The molecule has 0 spiro atoms. The van der Waals surface area contributed by atoms with Crippen molar-refractivity contribution in [2.75, 3.05) is 18.7 Å². The maximum absolute atomic E-state index is 5.21. The second kappa shape index (κ2) is 6.27. The van der Waals surface area contributed by atoms with E-state index in [0.29, 0.717) is 11.9 Å². The van der Waals surface area contributed by atoms with Gasteiger partial charge in [0, 0.05) is 11.3 Å². The number of hydrogen-bond acceptors (Lipinski definition) is 5. The van der Waals surface area contributed by atoms with Crippen LogP contribution in [0.2, 0.25) is 0 Å². The first kappa shape index (κ1) is 13.5. The molecule has 0 amide bonds. The number of thioether (sulfide) groups is 1. The van der Waals surface area contributed by atoms with Gasteiger partial charge in [0.15, 0.2) is 0 Å². The van der Waals surface area contributed by atoms with Crippen LogP contribution in [0.5, 0.6) is 5.88 Å². The molecule has 2 rings (SSSR count). The highest BCUT2D eigenvalue weighted by Gasteiger charge is 2.21. The van der Waals surface area contributed by atoms with Gasteiger partial charge in [-0.15, -0.1) is 0 Å². The maximum Gasteiger partial charge on any atom is 0.221 e. The Bertz CT molecular complexity index is 392. The van der Waals surface area contributed by atoms with Gasteiger partial charge in [-0.2, -0.15) is 11.8 Å². The zero-order valence-corrected chi connectivity index (χ0v) is 12.1. The van der Waals surface area contributed by atoms with Gasteiger partial charge in [-0.25, -0.2) is 9.97 Å². The van der Waals surface area contributed by atoms with Crippen LogP contribution in [0.25, 0.3) is 0 Å². The Kier molecular flexibility index (Phi) is 4.69. The second-order valence-corrected chi connectivity index (χ2v) is 5.85. The number of nitrogens with zero attached hydrogens (tertiary/aromatic N) is 2. The third-order valence-electron chi connectivity index (χ3n) is 3.58. The van der Waals surface area contributed by atoms with Crippen molar-refractivity contribution in [3.63, 3.8) is 0 Å². The van der Waals surface area contributed by atoms with Crippen molar-refractivity contribution in [3.8, 4) is 5.88 Å². The van der Waals surface area contributed by atoms with Crippen molar-refractivity contribution in [3.05, 3.63) is 11.9 Å². The number of methoxy groups -OCH3 is 1. The smallest absolute Gasteiger partial charge is 0.221 e. The number of rotatable bonds is 4. The van der Waals surface area contributed by atoms with Crippen LogP contribution in [-0.2, 0) is 0 Å². The molecule has 1 saturated carbocycles. The molecular weight excluding hydrogens is 246 g/mol. The fourth-order valence-corrected chi connectivity index (χ4v) is 3.17. The predicted molar refractivity (Wildman–Crippen MR) is 76.5 cm³/mol. The summed E-state index contributed by atoms with van der Waals surface area (Å²) in [5, 5.41) is 4.37. The van der Waals surface area contributed by atoms with Crippen LogP contribution in [0.4, 0.5) is 5.82 Å². The van der Waals surface area contributed by atoms with E-state index < -0.39 is 0 Å². The Hall–Kier alpha value is -0.970. The number of aromatic nitrogens is 2. The lowest BCUT2D eigenvalue weighted by Crippen LogP contribution is -2.27. The molecule has 1 aliphatic carbocycles. The van der Waals surface area contributed by atoms with Crippen LogP contribution in [0.1, 0.15) is 31.2 Å². The highest BCUT2D eigenvalue weighted by molar-refractivity contribution is 7.99. The van der Waals surface area contributed by atoms with Crippen molar-refractivity contribution in [1.29, 1.82) is 0 Å². The summed E-state index contributed by atoms with van der Waals surface area (Å²) in [6, 6.07) is 0.534. The van der Waals surface area contributed by atoms with Gasteiger partial charge in [0.2, 0.25) is 5.88 Å². The highest BCUT2D eigenvalue weighted by atomic mass is 32.2. The molecule has 4 nitrogen and oxygen atoms in total. The Morgan fingerprint density at radius 1 is 1.28 bits per heavy atom. The molecule has 0 aliphatic heterocycles. The van der Waals surface area contributed by atoms with E-state index in [1.54, 1.807) is 13.4 Å². The van der Waals surface area contributed by atoms with Crippen molar-refractivity contribution in [2.24, 2.45) is 0 Å². The van der Waals surface area contributed by atoms with E-state index in [1.807, 2.05) is 18.7 Å². The molecule has 0 bridgehead atoms. The van der Waals surface area contributed by atoms with Crippen LogP contribution in [-0.4, -0.2) is 34.6 Å². The molecule has 18 heavy (non-hydrogen) atoms. The van der Waals surface area contributed by atoms with E-state index in [4.69, 9.17) is 4.74 Å². The summed E-state index contributed by atoms with van der Waals surface area (Å²) in [5.41, 5.74) is 0.993. The van der Waals surface area contributed by atoms with Gasteiger partial charge >= 0.3 is 0 Å². The minimum absolute atomic E-state index is 0.534. The number of hydrogen-bond donors (Lipinski definition) is 1. The number of anilines is 1. The zero-order chi connectivity index (χ0) is 13.0. The predicted octanol–water partition coefficient (Wildman–Crippen LogP) is 2.88. The van der Waals surface area contributed by atoms with Crippen molar-refractivity contribution >= 4 is 17.6 Å². The average molecular weight is 267 g/mol. The molecule has 1 fully saturated rings. The Labute approximate surface area is 113 Å². The van der Waals surface area contributed by atoms with E-state index in [0.717, 1.165) is 16.6 Å². The molecule has 0 atom stereocenters. The number of nitrogens with one attached hydrogen (secondary N) is 1. The Balaban J connectivity index is 1.98. The van der Waals surface area contributed by atoms with Crippen molar-refractivity contribution < 1.29 is 4.74 Å². The SMILES string of the molecule is COc1ncnc(NC2CCC(SC)CC2)c1C. The molecule has 0 unspecified atom stereocenters. The average Bonchev–Trinajstić information content (AvgIpc) is 2.42. The first-order valence-corrected chi connectivity index (χ1v) is 7.68. The van der Waals surface area contributed by atoms with Gasteiger partial charge in [0.1, 0.15) is 12.1 Å². The molecule has 1 aliphatic rings. The molecule has 1 heterocycles. The van der Waals surface area contributed by atoms with Crippen LogP contribution in [0.3, 0.4) is 0 Å². The Morgan fingerprint density at radius 2 is 2.00 bits per heavy atom. The quantitative estimate of drug-likeness (QED) is 0.909. The fourth-order valence-electron chi connectivity index (χ4n) is 2.42. The maximum atomic E-state index is 5.21. The molecule has 1 N–H and O–H groups in total. The molecule has 1 aromatic rings. The van der Waals surface area contributed by atoms with Gasteiger partial charge in [0.05, 0.1) is 12.7 Å². The lowest BCUT2D eigenvalue weighted by Gasteiger charge is -2.28.